The molecule has 0 aliphatic carbocycles. The van der Waals surface area contributed by atoms with E-state index in [2.05, 4.69) is 21.2 Å². The lowest BCUT2D eigenvalue weighted by Crippen LogP contribution is -2.36. The van der Waals surface area contributed by atoms with Crippen molar-refractivity contribution in [3.63, 3.8) is 0 Å². The molecular formula is C4H11BrN2. The van der Waals surface area contributed by atoms with Crippen LogP contribution in [0, 0.1) is 0 Å². The summed E-state index contributed by atoms with van der Waals surface area (Å²) in [5.74, 6) is 0. The molecule has 0 rings (SSSR count). The monoisotopic (exact) mass is 166 g/mol. The highest BCUT2D eigenvalue weighted by molar-refractivity contribution is 9.09. The smallest absolute Gasteiger partial charge is 0.0778 e. The molecule has 0 aliphatic rings. The molecule has 7 heavy (non-hydrogen) atoms. The summed E-state index contributed by atoms with van der Waals surface area (Å²) in [6.45, 7) is 1.94. The number of likely N-dealkylation sites (N-methyl/N-ethyl adjacent to an activating group) is 1. The van der Waals surface area contributed by atoms with Crippen LogP contribution in [0.4, 0.5) is 0 Å². The second-order valence-corrected chi connectivity index (χ2v) is 2.54. The molecule has 0 radical (unpaired) electrons. The minimum absolute atomic E-state index is 0.171. The van der Waals surface area contributed by atoms with Gasteiger partial charge in [0.15, 0.2) is 0 Å². The summed E-state index contributed by atoms with van der Waals surface area (Å²) in [6.07, 6.45) is 0. The van der Waals surface area contributed by atoms with Gasteiger partial charge in [-0.1, -0.05) is 15.9 Å². The van der Waals surface area contributed by atoms with Gasteiger partial charge in [-0.05, 0) is 14.0 Å². The Hall–Kier alpha value is 0.400. The average Bonchev–Trinajstić information content (AvgIpc) is 1.65. The molecule has 2 atom stereocenters. The Labute approximate surface area is 52.6 Å². The van der Waals surface area contributed by atoms with Gasteiger partial charge in [-0.2, -0.15) is 0 Å². The Morgan fingerprint density at radius 1 is 1.71 bits per heavy atom. The standard InChI is InChI=1S/C4H11BrN2/c1-3(6)4(5)7-2/h3-4,7H,6H2,1-2H3/t3-,4?/m1/s1. The molecule has 44 valence electrons. The fraction of sp³-hybridized carbons (Fsp3) is 1.00. The van der Waals surface area contributed by atoms with Crippen LogP contribution in [0.1, 0.15) is 6.92 Å². The molecule has 0 fully saturated rings. The number of hydrogen-bond donors (Lipinski definition) is 2. The Bertz CT molecular complexity index is 47.0. The van der Waals surface area contributed by atoms with Crippen LogP contribution in [0.15, 0.2) is 0 Å². The second-order valence-electron chi connectivity index (χ2n) is 1.55. The van der Waals surface area contributed by atoms with Gasteiger partial charge in [0.2, 0.25) is 0 Å². The van der Waals surface area contributed by atoms with Crippen LogP contribution in [-0.2, 0) is 0 Å². The fourth-order valence-electron chi connectivity index (χ4n) is 0.263. The molecule has 0 amide bonds. The zero-order chi connectivity index (χ0) is 5.86. The molecule has 3 N–H and O–H groups in total. The van der Waals surface area contributed by atoms with Gasteiger partial charge in [0, 0.05) is 6.04 Å². The predicted molar refractivity (Wildman–Crippen MR) is 35.4 cm³/mol. The summed E-state index contributed by atoms with van der Waals surface area (Å²) in [4.78, 5) is 0.243. The Balaban J connectivity index is 3.14. The zero-order valence-corrected chi connectivity index (χ0v) is 6.20. The molecule has 0 saturated heterocycles. The van der Waals surface area contributed by atoms with Crippen LogP contribution < -0.4 is 11.1 Å². The maximum absolute atomic E-state index is 5.44. The highest BCUT2D eigenvalue weighted by atomic mass is 79.9. The Kier molecular flexibility index (Phi) is 3.60. The van der Waals surface area contributed by atoms with E-state index < -0.39 is 0 Å². The quantitative estimate of drug-likeness (QED) is 0.457. The first-order valence-electron chi connectivity index (χ1n) is 2.25. The number of nitrogens with one attached hydrogen (secondary N) is 1. The van der Waals surface area contributed by atoms with Crippen molar-refractivity contribution in [2.75, 3.05) is 7.05 Å². The van der Waals surface area contributed by atoms with Gasteiger partial charge >= 0.3 is 0 Å². The molecule has 0 aromatic carbocycles. The maximum atomic E-state index is 5.44. The van der Waals surface area contributed by atoms with Crippen LogP contribution in [0.3, 0.4) is 0 Å². The van der Waals surface area contributed by atoms with Gasteiger partial charge in [-0.3, -0.25) is 0 Å². The molecule has 0 saturated carbocycles. The minimum atomic E-state index is 0.171. The lowest BCUT2D eigenvalue weighted by atomic mass is 10.4. The van der Waals surface area contributed by atoms with Gasteiger partial charge < -0.3 is 11.1 Å². The van der Waals surface area contributed by atoms with E-state index in [1.54, 1.807) is 0 Å². The van der Waals surface area contributed by atoms with E-state index in [1.807, 2.05) is 14.0 Å². The average molecular weight is 167 g/mol. The number of nitrogens with two attached hydrogens (primary N) is 1. The third-order valence-corrected chi connectivity index (χ3v) is 2.03. The molecule has 0 aromatic rings. The number of hydrogen-bond acceptors (Lipinski definition) is 2. The Morgan fingerprint density at radius 3 is 2.14 bits per heavy atom. The number of halogens is 1. The summed E-state index contributed by atoms with van der Waals surface area (Å²) in [5, 5.41) is 2.96. The molecular weight excluding hydrogens is 156 g/mol. The van der Waals surface area contributed by atoms with Crippen molar-refractivity contribution < 1.29 is 0 Å². The van der Waals surface area contributed by atoms with Crippen molar-refractivity contribution in [3.8, 4) is 0 Å². The van der Waals surface area contributed by atoms with Gasteiger partial charge in [0.1, 0.15) is 0 Å². The summed E-state index contributed by atoms with van der Waals surface area (Å²) in [7, 11) is 1.86. The van der Waals surface area contributed by atoms with E-state index >= 15 is 0 Å². The highest BCUT2D eigenvalue weighted by Crippen LogP contribution is 1.95. The van der Waals surface area contributed by atoms with Crippen LogP contribution in [0.25, 0.3) is 0 Å². The fourth-order valence-corrected chi connectivity index (χ4v) is 0.263. The van der Waals surface area contributed by atoms with Crippen LogP contribution >= 0.6 is 15.9 Å². The van der Waals surface area contributed by atoms with E-state index in [-0.39, 0.29) is 11.0 Å². The van der Waals surface area contributed by atoms with E-state index in [9.17, 15) is 0 Å². The first kappa shape index (κ1) is 7.40. The van der Waals surface area contributed by atoms with Crippen LogP contribution in [-0.4, -0.2) is 18.0 Å². The molecule has 2 nitrogen and oxygen atoms in total. The zero-order valence-electron chi connectivity index (χ0n) is 4.61. The summed E-state index contributed by atoms with van der Waals surface area (Å²) in [5.41, 5.74) is 5.44. The van der Waals surface area contributed by atoms with E-state index in [0.717, 1.165) is 0 Å². The molecule has 1 unspecified atom stereocenters. The lowest BCUT2D eigenvalue weighted by molar-refractivity contribution is 0.631. The molecule has 0 aliphatic heterocycles. The predicted octanol–water partition coefficient (Wildman–Crippen LogP) is 0.274. The van der Waals surface area contributed by atoms with Crippen LogP contribution in [0.5, 0.6) is 0 Å². The molecule has 0 bridgehead atoms. The van der Waals surface area contributed by atoms with E-state index in [4.69, 9.17) is 5.73 Å². The van der Waals surface area contributed by atoms with E-state index in [1.165, 1.54) is 0 Å². The normalized spacial score (nSPS) is 18.9. The van der Waals surface area contributed by atoms with Gasteiger partial charge in [-0.25, -0.2) is 0 Å². The Morgan fingerprint density at radius 2 is 2.14 bits per heavy atom. The SMILES string of the molecule is CNC(Br)[C@@H](C)N. The summed E-state index contributed by atoms with van der Waals surface area (Å²) >= 11 is 3.30. The highest BCUT2D eigenvalue weighted by Gasteiger charge is 2.02. The number of rotatable bonds is 2. The summed E-state index contributed by atoms with van der Waals surface area (Å²) in [6, 6.07) is 0.171. The van der Waals surface area contributed by atoms with Crippen molar-refractivity contribution in [1.29, 1.82) is 0 Å². The first-order chi connectivity index (χ1) is 3.18. The third-order valence-electron chi connectivity index (χ3n) is 0.737. The number of alkyl halides is 1. The van der Waals surface area contributed by atoms with Crippen molar-refractivity contribution in [2.45, 2.75) is 17.9 Å². The van der Waals surface area contributed by atoms with Gasteiger partial charge in [-0.15, -0.1) is 0 Å². The van der Waals surface area contributed by atoms with Gasteiger partial charge in [0.25, 0.3) is 0 Å². The lowest BCUT2D eigenvalue weighted by Gasteiger charge is -2.10. The van der Waals surface area contributed by atoms with Crippen molar-refractivity contribution in [2.24, 2.45) is 5.73 Å². The third kappa shape index (κ3) is 3.02. The second kappa shape index (κ2) is 3.41. The van der Waals surface area contributed by atoms with E-state index in [0.29, 0.717) is 0 Å². The van der Waals surface area contributed by atoms with Crippen molar-refractivity contribution in [3.05, 3.63) is 0 Å². The minimum Gasteiger partial charge on any atom is -0.326 e. The molecule has 3 heteroatoms. The topological polar surface area (TPSA) is 38.0 Å². The first-order valence-corrected chi connectivity index (χ1v) is 3.17. The molecule has 0 spiro atoms. The largest absolute Gasteiger partial charge is 0.326 e. The van der Waals surface area contributed by atoms with Crippen LogP contribution in [0.2, 0.25) is 0 Å². The van der Waals surface area contributed by atoms with Crippen molar-refractivity contribution in [1.82, 2.24) is 5.32 Å². The van der Waals surface area contributed by atoms with Crippen molar-refractivity contribution >= 4 is 15.9 Å². The maximum Gasteiger partial charge on any atom is 0.0778 e. The van der Waals surface area contributed by atoms with Gasteiger partial charge in [0.05, 0.1) is 4.95 Å². The summed E-state index contributed by atoms with van der Waals surface area (Å²) < 4.78 is 0. The molecule has 0 aromatic heterocycles. The molecule has 0 heterocycles.